The minimum atomic E-state index is -3.62. The Balaban J connectivity index is 4.16. The van der Waals surface area contributed by atoms with Crippen LogP contribution in [-0.4, -0.2) is 32.4 Å². The van der Waals surface area contributed by atoms with Gasteiger partial charge in [0.2, 0.25) is 0 Å². The van der Waals surface area contributed by atoms with Gasteiger partial charge in [-0.3, -0.25) is 13.6 Å². The molecule has 0 aromatic rings. The minimum absolute atomic E-state index is 0.0193. The Kier molecular flexibility index (Phi) is 17.3. The summed E-state index contributed by atoms with van der Waals surface area (Å²) >= 11 is 0. The average Bonchev–Trinajstić information content (AvgIpc) is 2.64. The van der Waals surface area contributed by atoms with E-state index in [1.807, 2.05) is 0 Å². The molecule has 154 valence electrons. The van der Waals surface area contributed by atoms with E-state index in [-0.39, 0.29) is 13.2 Å². The number of carbonyl (C=O) groups excluding carboxylic acids is 1. The van der Waals surface area contributed by atoms with Crippen LogP contribution in [0.1, 0.15) is 78.1 Å². The zero-order valence-electron chi connectivity index (χ0n) is 16.6. The van der Waals surface area contributed by atoms with Gasteiger partial charge in [-0.15, -0.1) is 0 Å². The summed E-state index contributed by atoms with van der Waals surface area (Å²) in [7, 11) is -3.62. The fourth-order valence-electron chi connectivity index (χ4n) is 2.23. The lowest BCUT2D eigenvalue weighted by molar-refractivity contribution is -0.138. The van der Waals surface area contributed by atoms with Gasteiger partial charge < -0.3 is 4.74 Å². The lowest BCUT2D eigenvalue weighted by Crippen LogP contribution is -2.10. The van der Waals surface area contributed by atoms with Crippen molar-refractivity contribution >= 4 is 13.8 Å². The van der Waals surface area contributed by atoms with Gasteiger partial charge in [0.05, 0.1) is 19.8 Å². The van der Waals surface area contributed by atoms with Crippen molar-refractivity contribution in [3.8, 4) is 0 Å². The Hall–Kier alpha value is -0.680. The molecule has 0 rings (SSSR count). The molecule has 6 nitrogen and oxygen atoms in total. The second-order valence-electron chi connectivity index (χ2n) is 6.15. The number of phosphoric ester groups is 1. The van der Waals surface area contributed by atoms with Crippen molar-refractivity contribution in [2.75, 3.05) is 26.4 Å². The first kappa shape index (κ1) is 25.3. The second kappa shape index (κ2) is 17.7. The Morgan fingerprint density at radius 2 is 1.23 bits per heavy atom. The zero-order valence-corrected chi connectivity index (χ0v) is 17.5. The predicted octanol–water partition coefficient (Wildman–Crippen LogP) is 5.81. The molecule has 0 aromatic carbocycles. The highest BCUT2D eigenvalue weighted by Gasteiger charge is 2.26. The number of unbranched alkanes of at least 4 members (excludes halogenated alkanes) is 8. The van der Waals surface area contributed by atoms with Gasteiger partial charge >= 0.3 is 13.8 Å². The van der Waals surface area contributed by atoms with Gasteiger partial charge in [-0.2, -0.15) is 0 Å². The highest BCUT2D eigenvalue weighted by atomic mass is 31.2. The SMILES string of the molecule is C=CC(=O)OCCOP(=O)(OCCCCCCC)OCCCCCCC. The number of hydrogen-bond donors (Lipinski definition) is 0. The molecule has 0 saturated carbocycles. The lowest BCUT2D eigenvalue weighted by atomic mass is 10.2. The molecule has 0 radical (unpaired) electrons. The van der Waals surface area contributed by atoms with Gasteiger partial charge in [-0.05, 0) is 12.8 Å². The van der Waals surface area contributed by atoms with Gasteiger partial charge in [0, 0.05) is 6.08 Å². The fourth-order valence-corrected chi connectivity index (χ4v) is 3.45. The van der Waals surface area contributed by atoms with E-state index in [1.54, 1.807) is 0 Å². The molecular formula is C19H37O6P. The molecule has 0 saturated heterocycles. The van der Waals surface area contributed by atoms with E-state index in [0.29, 0.717) is 13.2 Å². The van der Waals surface area contributed by atoms with E-state index in [9.17, 15) is 9.36 Å². The second-order valence-corrected chi connectivity index (χ2v) is 7.82. The van der Waals surface area contributed by atoms with E-state index in [2.05, 4.69) is 20.4 Å². The number of phosphoric acid groups is 1. The Morgan fingerprint density at radius 3 is 1.69 bits per heavy atom. The molecule has 0 unspecified atom stereocenters. The third-order valence-electron chi connectivity index (χ3n) is 3.74. The van der Waals surface area contributed by atoms with Crippen molar-refractivity contribution in [3.63, 3.8) is 0 Å². The Morgan fingerprint density at radius 1 is 0.769 bits per heavy atom. The van der Waals surface area contributed by atoms with E-state index in [4.69, 9.17) is 18.3 Å². The molecule has 0 aliphatic rings. The number of esters is 1. The molecule has 0 bridgehead atoms. The molecule has 0 fully saturated rings. The fraction of sp³-hybridized carbons (Fsp3) is 0.842. The van der Waals surface area contributed by atoms with Crippen LogP contribution in [0, 0.1) is 0 Å². The highest BCUT2D eigenvalue weighted by molar-refractivity contribution is 7.48. The molecule has 0 spiro atoms. The van der Waals surface area contributed by atoms with Crippen molar-refractivity contribution < 1.29 is 27.7 Å². The molecule has 0 aromatic heterocycles. The normalized spacial score (nSPS) is 11.5. The summed E-state index contributed by atoms with van der Waals surface area (Å²) in [5.41, 5.74) is 0. The van der Waals surface area contributed by atoms with Crippen LogP contribution in [0.5, 0.6) is 0 Å². The molecule has 0 aliphatic heterocycles. The first-order chi connectivity index (χ1) is 12.6. The summed E-state index contributed by atoms with van der Waals surface area (Å²) in [6.45, 7) is 8.24. The van der Waals surface area contributed by atoms with E-state index < -0.39 is 13.8 Å². The molecular weight excluding hydrogens is 355 g/mol. The van der Waals surface area contributed by atoms with E-state index in [0.717, 1.165) is 44.6 Å². The summed E-state index contributed by atoms with van der Waals surface area (Å²) in [6.07, 6.45) is 11.8. The van der Waals surface area contributed by atoms with Crippen LogP contribution in [0.4, 0.5) is 0 Å². The summed E-state index contributed by atoms with van der Waals surface area (Å²) in [5, 5.41) is 0. The maximum atomic E-state index is 12.7. The van der Waals surface area contributed by atoms with Crippen molar-refractivity contribution in [2.45, 2.75) is 78.1 Å². The number of hydrogen-bond acceptors (Lipinski definition) is 6. The lowest BCUT2D eigenvalue weighted by Gasteiger charge is -2.18. The molecule has 0 aliphatic carbocycles. The van der Waals surface area contributed by atoms with Gasteiger partial charge in [0.1, 0.15) is 6.61 Å². The first-order valence-corrected chi connectivity index (χ1v) is 11.4. The molecule has 0 heterocycles. The van der Waals surface area contributed by atoms with Crippen LogP contribution < -0.4 is 0 Å². The van der Waals surface area contributed by atoms with Crippen LogP contribution in [0.15, 0.2) is 12.7 Å². The van der Waals surface area contributed by atoms with Crippen LogP contribution in [-0.2, 0) is 27.7 Å². The molecule has 26 heavy (non-hydrogen) atoms. The minimum Gasteiger partial charge on any atom is -0.460 e. The number of ether oxygens (including phenoxy) is 1. The molecule has 0 N–H and O–H groups in total. The molecule has 0 amide bonds. The van der Waals surface area contributed by atoms with Gasteiger partial charge in [-0.25, -0.2) is 9.36 Å². The predicted molar refractivity (Wildman–Crippen MR) is 104 cm³/mol. The summed E-state index contributed by atoms with van der Waals surface area (Å²) in [6, 6.07) is 0. The van der Waals surface area contributed by atoms with Crippen molar-refractivity contribution in [3.05, 3.63) is 12.7 Å². The zero-order chi connectivity index (χ0) is 19.5. The van der Waals surface area contributed by atoms with Crippen molar-refractivity contribution in [2.24, 2.45) is 0 Å². The topological polar surface area (TPSA) is 71.1 Å². The van der Waals surface area contributed by atoms with Crippen molar-refractivity contribution in [1.82, 2.24) is 0 Å². The van der Waals surface area contributed by atoms with Crippen LogP contribution >= 0.6 is 7.82 Å². The molecule has 7 heteroatoms. The number of rotatable bonds is 19. The standard InChI is InChI=1S/C19H37O6P/c1-4-7-9-11-13-15-23-26(21,24-16-14-12-10-8-5-2)25-18-17-22-19(20)6-3/h6H,3-5,7-18H2,1-2H3. The monoisotopic (exact) mass is 392 g/mol. The average molecular weight is 392 g/mol. The van der Waals surface area contributed by atoms with Gasteiger partial charge in [0.25, 0.3) is 0 Å². The quantitative estimate of drug-likeness (QED) is 0.119. The number of carbonyl (C=O) groups is 1. The summed E-state index contributed by atoms with van der Waals surface area (Å²) in [5.74, 6) is -0.544. The van der Waals surface area contributed by atoms with Crippen LogP contribution in [0.25, 0.3) is 0 Å². The smallest absolute Gasteiger partial charge is 0.460 e. The maximum Gasteiger partial charge on any atom is 0.474 e. The Labute approximate surface area is 159 Å². The van der Waals surface area contributed by atoms with Crippen LogP contribution in [0.3, 0.4) is 0 Å². The van der Waals surface area contributed by atoms with Crippen LogP contribution in [0.2, 0.25) is 0 Å². The van der Waals surface area contributed by atoms with Gasteiger partial charge in [-0.1, -0.05) is 71.8 Å². The third-order valence-corrected chi connectivity index (χ3v) is 5.23. The summed E-state index contributed by atoms with van der Waals surface area (Å²) in [4.78, 5) is 11.0. The maximum absolute atomic E-state index is 12.7. The molecule has 0 atom stereocenters. The van der Waals surface area contributed by atoms with Crippen molar-refractivity contribution in [1.29, 1.82) is 0 Å². The Bertz CT molecular complexity index is 379. The van der Waals surface area contributed by atoms with Gasteiger partial charge in [0.15, 0.2) is 0 Å². The van der Waals surface area contributed by atoms with E-state index >= 15 is 0 Å². The first-order valence-electron chi connectivity index (χ1n) is 9.90. The highest BCUT2D eigenvalue weighted by Crippen LogP contribution is 2.49. The third kappa shape index (κ3) is 15.6. The van der Waals surface area contributed by atoms with E-state index in [1.165, 1.54) is 25.7 Å². The largest absolute Gasteiger partial charge is 0.474 e. The summed E-state index contributed by atoms with van der Waals surface area (Å²) < 4.78 is 33.6.